The number of rotatable bonds is 2. The molecule has 1 aromatic rings. The predicted octanol–water partition coefficient (Wildman–Crippen LogP) is 2.02. The molecule has 0 aromatic heterocycles. The van der Waals surface area contributed by atoms with Crippen molar-refractivity contribution in [3.63, 3.8) is 0 Å². The van der Waals surface area contributed by atoms with Crippen molar-refractivity contribution in [3.05, 3.63) is 30.3 Å². The maximum Gasteiger partial charge on any atom is 0.227 e. The molecule has 1 fully saturated rings. The molecule has 1 aromatic carbocycles. The van der Waals surface area contributed by atoms with Gasteiger partial charge in [0.25, 0.3) is 0 Å². The number of nitrogens with zero attached hydrogens (tertiary/aromatic N) is 1. The first-order valence-corrected chi connectivity index (χ1v) is 5.54. The van der Waals surface area contributed by atoms with Gasteiger partial charge in [-0.25, -0.2) is 0 Å². The highest BCUT2D eigenvalue weighted by Crippen LogP contribution is 2.24. The molecule has 3 nitrogen and oxygen atoms in total. The maximum atomic E-state index is 11.8. The molecule has 2 rings (SSSR count). The topological polar surface area (TPSA) is 37.4 Å². The number of piperidine rings is 1. The molecular formula is C13H15NO2. The van der Waals surface area contributed by atoms with Crippen LogP contribution in [0.5, 0.6) is 0 Å². The van der Waals surface area contributed by atoms with E-state index >= 15 is 0 Å². The van der Waals surface area contributed by atoms with Crippen LogP contribution in [0.3, 0.4) is 0 Å². The lowest BCUT2D eigenvalue weighted by Gasteiger charge is -2.31. The van der Waals surface area contributed by atoms with Crippen LogP contribution in [0.15, 0.2) is 30.3 Å². The second kappa shape index (κ2) is 4.47. The van der Waals surface area contributed by atoms with Gasteiger partial charge in [-0.15, -0.1) is 0 Å². The van der Waals surface area contributed by atoms with Gasteiger partial charge in [0.2, 0.25) is 5.91 Å². The summed E-state index contributed by atoms with van der Waals surface area (Å²) in [6, 6.07) is 9.53. The van der Waals surface area contributed by atoms with Crippen molar-refractivity contribution in [1.29, 1.82) is 0 Å². The molecule has 84 valence electrons. The van der Waals surface area contributed by atoms with Crippen LogP contribution in [0.4, 0.5) is 5.69 Å². The van der Waals surface area contributed by atoms with Gasteiger partial charge in [0.1, 0.15) is 5.78 Å². The van der Waals surface area contributed by atoms with Crippen molar-refractivity contribution in [3.8, 4) is 0 Å². The summed E-state index contributed by atoms with van der Waals surface area (Å²) in [5, 5.41) is 0. The van der Waals surface area contributed by atoms with Gasteiger partial charge in [0, 0.05) is 24.6 Å². The third kappa shape index (κ3) is 2.13. The lowest BCUT2D eigenvalue weighted by atomic mass is 9.94. The number of para-hydroxylation sites is 1. The van der Waals surface area contributed by atoms with E-state index < -0.39 is 0 Å². The Balaban J connectivity index is 2.19. The fraction of sp³-hybridized carbons (Fsp3) is 0.385. The van der Waals surface area contributed by atoms with E-state index in [-0.39, 0.29) is 17.6 Å². The van der Waals surface area contributed by atoms with Crippen molar-refractivity contribution in [1.82, 2.24) is 0 Å². The third-order valence-corrected chi connectivity index (χ3v) is 3.05. The highest BCUT2D eigenvalue weighted by Gasteiger charge is 2.28. The number of carbonyl (C=O) groups is 2. The molecule has 0 bridgehead atoms. The Labute approximate surface area is 95.1 Å². The summed E-state index contributed by atoms with van der Waals surface area (Å²) in [6.45, 7) is 2.13. The molecule has 1 unspecified atom stereocenters. The van der Waals surface area contributed by atoms with Gasteiger partial charge in [0.05, 0.1) is 0 Å². The van der Waals surface area contributed by atoms with Crippen LogP contribution in [-0.4, -0.2) is 18.2 Å². The zero-order valence-corrected chi connectivity index (χ0v) is 9.35. The first-order chi connectivity index (χ1) is 7.68. The van der Waals surface area contributed by atoms with E-state index in [1.54, 1.807) is 11.8 Å². The average molecular weight is 217 g/mol. The summed E-state index contributed by atoms with van der Waals surface area (Å²) in [5.74, 6) is 0.287. The van der Waals surface area contributed by atoms with Crippen molar-refractivity contribution in [2.45, 2.75) is 19.8 Å². The number of benzene rings is 1. The zero-order chi connectivity index (χ0) is 11.5. The maximum absolute atomic E-state index is 11.8. The molecule has 16 heavy (non-hydrogen) atoms. The van der Waals surface area contributed by atoms with Crippen LogP contribution >= 0.6 is 0 Å². The lowest BCUT2D eigenvalue weighted by Crippen LogP contribution is -2.42. The smallest absolute Gasteiger partial charge is 0.227 e. The first-order valence-electron chi connectivity index (χ1n) is 5.54. The van der Waals surface area contributed by atoms with Gasteiger partial charge in [-0.3, -0.25) is 9.59 Å². The minimum Gasteiger partial charge on any atom is -0.312 e. The minimum atomic E-state index is -0.00194. The number of hydrogen-bond donors (Lipinski definition) is 0. The Kier molecular flexibility index (Phi) is 3.04. The van der Waals surface area contributed by atoms with Crippen molar-refractivity contribution in [2.24, 2.45) is 5.92 Å². The Morgan fingerprint density at radius 2 is 2.00 bits per heavy atom. The van der Waals surface area contributed by atoms with E-state index in [1.807, 2.05) is 30.3 Å². The molecule has 1 heterocycles. The summed E-state index contributed by atoms with van der Waals surface area (Å²) < 4.78 is 0. The number of amides is 1. The van der Waals surface area contributed by atoms with E-state index in [0.717, 1.165) is 5.69 Å². The molecule has 0 saturated carbocycles. The molecule has 3 heteroatoms. The fourth-order valence-electron chi connectivity index (χ4n) is 2.04. The van der Waals surface area contributed by atoms with E-state index in [1.165, 1.54) is 0 Å². The second-order valence-electron chi connectivity index (χ2n) is 4.19. The molecular weight excluding hydrogens is 202 g/mol. The normalized spacial score (nSPS) is 20.9. The fourth-order valence-corrected chi connectivity index (χ4v) is 2.04. The summed E-state index contributed by atoms with van der Waals surface area (Å²) in [4.78, 5) is 24.8. The third-order valence-electron chi connectivity index (χ3n) is 3.05. The van der Waals surface area contributed by atoms with Gasteiger partial charge >= 0.3 is 0 Å². The minimum absolute atomic E-state index is 0.00194. The van der Waals surface area contributed by atoms with Crippen molar-refractivity contribution in [2.75, 3.05) is 11.4 Å². The summed E-state index contributed by atoms with van der Waals surface area (Å²) >= 11 is 0. The highest BCUT2D eigenvalue weighted by molar-refractivity contribution is 5.96. The standard InChI is InChI=1S/C13H15NO2/c1-10(15)11-7-8-13(16)14(9-11)12-5-3-2-4-6-12/h2-6,11H,7-9H2,1H3. The lowest BCUT2D eigenvalue weighted by molar-refractivity contribution is -0.124. The van der Waals surface area contributed by atoms with E-state index in [4.69, 9.17) is 0 Å². The molecule has 0 radical (unpaired) electrons. The quantitative estimate of drug-likeness (QED) is 0.760. The molecule has 0 N–H and O–H groups in total. The Bertz CT molecular complexity index is 400. The highest BCUT2D eigenvalue weighted by atomic mass is 16.2. The molecule has 1 aliphatic rings. The Hall–Kier alpha value is -1.64. The summed E-state index contributed by atoms with van der Waals surface area (Å²) in [5.41, 5.74) is 0.887. The van der Waals surface area contributed by atoms with Crippen LogP contribution in [0, 0.1) is 5.92 Å². The number of Topliss-reactive ketones (excluding diaryl/α,β-unsaturated/α-hetero) is 1. The van der Waals surface area contributed by atoms with Gasteiger partial charge < -0.3 is 4.90 Å². The monoisotopic (exact) mass is 217 g/mol. The largest absolute Gasteiger partial charge is 0.312 e. The van der Waals surface area contributed by atoms with E-state index in [2.05, 4.69) is 0 Å². The van der Waals surface area contributed by atoms with Crippen LogP contribution in [0.2, 0.25) is 0 Å². The second-order valence-corrected chi connectivity index (χ2v) is 4.19. The van der Waals surface area contributed by atoms with E-state index in [9.17, 15) is 9.59 Å². The summed E-state index contributed by atoms with van der Waals surface area (Å²) in [7, 11) is 0. The van der Waals surface area contributed by atoms with Crippen LogP contribution < -0.4 is 4.90 Å². The first kappa shape index (κ1) is 10.9. The number of carbonyl (C=O) groups excluding carboxylic acids is 2. The SMILES string of the molecule is CC(=O)C1CCC(=O)N(c2ccccc2)C1. The molecule has 1 atom stereocenters. The van der Waals surface area contributed by atoms with Gasteiger partial charge in [-0.1, -0.05) is 18.2 Å². The Morgan fingerprint density at radius 3 is 2.62 bits per heavy atom. The van der Waals surface area contributed by atoms with Crippen LogP contribution in [-0.2, 0) is 9.59 Å². The molecule has 0 spiro atoms. The number of hydrogen-bond acceptors (Lipinski definition) is 2. The molecule has 1 aliphatic heterocycles. The molecule has 1 saturated heterocycles. The van der Waals surface area contributed by atoms with Gasteiger partial charge in [-0.2, -0.15) is 0 Å². The Morgan fingerprint density at radius 1 is 1.31 bits per heavy atom. The summed E-state index contributed by atoms with van der Waals surface area (Å²) in [6.07, 6.45) is 1.16. The van der Waals surface area contributed by atoms with Gasteiger partial charge in [-0.05, 0) is 25.5 Å². The van der Waals surface area contributed by atoms with Crippen molar-refractivity contribution >= 4 is 17.4 Å². The van der Waals surface area contributed by atoms with E-state index in [0.29, 0.717) is 19.4 Å². The van der Waals surface area contributed by atoms with Crippen molar-refractivity contribution < 1.29 is 9.59 Å². The van der Waals surface area contributed by atoms with Gasteiger partial charge in [0.15, 0.2) is 0 Å². The molecule has 0 aliphatic carbocycles. The average Bonchev–Trinajstić information content (AvgIpc) is 2.30. The van der Waals surface area contributed by atoms with Crippen LogP contribution in [0.1, 0.15) is 19.8 Å². The number of ketones is 1. The molecule has 1 amide bonds. The predicted molar refractivity (Wildman–Crippen MR) is 62.2 cm³/mol. The zero-order valence-electron chi connectivity index (χ0n) is 9.35. The van der Waals surface area contributed by atoms with Crippen LogP contribution in [0.25, 0.3) is 0 Å². The number of anilines is 1.